The summed E-state index contributed by atoms with van der Waals surface area (Å²) >= 11 is 4.64. The van der Waals surface area contributed by atoms with Gasteiger partial charge < -0.3 is 15.4 Å². The second-order valence-electron chi connectivity index (χ2n) is 6.30. The van der Waals surface area contributed by atoms with E-state index in [0.29, 0.717) is 18.0 Å². The van der Waals surface area contributed by atoms with Gasteiger partial charge in [-0.2, -0.15) is 0 Å². The predicted molar refractivity (Wildman–Crippen MR) is 119 cm³/mol. The molecule has 0 saturated heterocycles. The van der Waals surface area contributed by atoms with Crippen LogP contribution in [0.5, 0.6) is 5.75 Å². The highest BCUT2D eigenvalue weighted by molar-refractivity contribution is 9.11. The van der Waals surface area contributed by atoms with Crippen LogP contribution in [0.3, 0.4) is 0 Å². The minimum absolute atomic E-state index is 0.256. The van der Waals surface area contributed by atoms with Crippen molar-refractivity contribution in [1.82, 2.24) is 10.6 Å². The maximum atomic E-state index is 12.2. The van der Waals surface area contributed by atoms with E-state index in [4.69, 9.17) is 4.74 Å². The van der Waals surface area contributed by atoms with E-state index < -0.39 is 6.04 Å². The number of halogens is 1. The molecular weight excluding hydrogens is 452 g/mol. The molecule has 1 atom stereocenters. The summed E-state index contributed by atoms with van der Waals surface area (Å²) in [4.78, 5) is 24.9. The van der Waals surface area contributed by atoms with Crippen molar-refractivity contribution in [2.75, 3.05) is 13.2 Å². The summed E-state index contributed by atoms with van der Waals surface area (Å²) < 4.78 is 6.74. The van der Waals surface area contributed by atoms with E-state index in [1.165, 1.54) is 11.3 Å². The van der Waals surface area contributed by atoms with E-state index in [9.17, 15) is 9.59 Å². The quantitative estimate of drug-likeness (QED) is 0.474. The fourth-order valence-electron chi connectivity index (χ4n) is 2.71. The number of thiophene rings is 1. The van der Waals surface area contributed by atoms with Gasteiger partial charge >= 0.3 is 0 Å². The molecule has 0 bridgehead atoms. The fraction of sp³-hybridized carbons (Fsp3) is 0.182. The number of rotatable bonds is 8. The van der Waals surface area contributed by atoms with Crippen molar-refractivity contribution in [3.8, 4) is 16.9 Å². The molecule has 3 rings (SSSR count). The molecule has 3 aromatic rings. The highest BCUT2D eigenvalue weighted by atomic mass is 79.9. The van der Waals surface area contributed by atoms with Crippen LogP contribution in [0.15, 0.2) is 70.5 Å². The highest BCUT2D eigenvalue weighted by Crippen LogP contribution is 2.29. The summed E-state index contributed by atoms with van der Waals surface area (Å²) in [6, 6.07) is 20.7. The van der Waals surface area contributed by atoms with Crippen molar-refractivity contribution in [1.29, 1.82) is 0 Å². The molecule has 0 aliphatic rings. The first-order valence-corrected chi connectivity index (χ1v) is 10.8. The Morgan fingerprint density at radius 3 is 2.48 bits per heavy atom. The van der Waals surface area contributed by atoms with Crippen molar-refractivity contribution >= 4 is 39.1 Å². The lowest BCUT2D eigenvalue weighted by atomic mass is 10.1. The van der Waals surface area contributed by atoms with Gasteiger partial charge in [0, 0.05) is 5.56 Å². The van der Waals surface area contributed by atoms with Crippen LogP contribution in [0.2, 0.25) is 0 Å². The summed E-state index contributed by atoms with van der Waals surface area (Å²) in [7, 11) is 0. The number of nitrogens with one attached hydrogen (secondary N) is 2. The topological polar surface area (TPSA) is 67.4 Å². The zero-order chi connectivity index (χ0) is 20.6. The van der Waals surface area contributed by atoms with Crippen LogP contribution in [0, 0.1) is 0 Å². The lowest BCUT2D eigenvalue weighted by Crippen LogP contribution is -2.45. The molecular formula is C22H21BrN2O3S. The number of amides is 2. The Balaban J connectivity index is 1.47. The lowest BCUT2D eigenvalue weighted by molar-refractivity contribution is -0.122. The molecule has 0 fully saturated rings. The van der Waals surface area contributed by atoms with E-state index in [1.807, 2.05) is 54.6 Å². The number of para-hydroxylation sites is 1. The van der Waals surface area contributed by atoms with Crippen LogP contribution in [-0.2, 0) is 4.79 Å². The van der Waals surface area contributed by atoms with Gasteiger partial charge in [-0.05, 0) is 46.6 Å². The molecule has 1 heterocycles. The van der Waals surface area contributed by atoms with Crippen LogP contribution >= 0.6 is 27.3 Å². The third-order valence-electron chi connectivity index (χ3n) is 4.17. The molecule has 2 aromatic carbocycles. The highest BCUT2D eigenvalue weighted by Gasteiger charge is 2.17. The number of hydrogen-bond acceptors (Lipinski definition) is 4. The van der Waals surface area contributed by atoms with Crippen LogP contribution in [0.25, 0.3) is 11.1 Å². The average molecular weight is 473 g/mol. The second-order valence-corrected chi connectivity index (χ2v) is 8.76. The Morgan fingerprint density at radius 1 is 1.03 bits per heavy atom. The molecule has 1 unspecified atom stereocenters. The molecule has 0 saturated carbocycles. The minimum Gasteiger partial charge on any atom is -0.491 e. The Labute approximate surface area is 182 Å². The third kappa shape index (κ3) is 5.92. The molecule has 7 heteroatoms. The number of ether oxygens (including phenoxy) is 1. The van der Waals surface area contributed by atoms with Gasteiger partial charge in [-0.1, -0.05) is 48.5 Å². The van der Waals surface area contributed by atoms with Crippen molar-refractivity contribution in [2.24, 2.45) is 0 Å². The van der Waals surface area contributed by atoms with Crippen molar-refractivity contribution < 1.29 is 14.3 Å². The monoisotopic (exact) mass is 472 g/mol. The fourth-order valence-corrected chi connectivity index (χ4v) is 4.00. The summed E-state index contributed by atoms with van der Waals surface area (Å²) in [6.45, 7) is 2.32. The Bertz CT molecular complexity index is 975. The SMILES string of the molecule is CC(NC(=O)c1ccc(Br)s1)C(=O)NCCOc1ccccc1-c1ccccc1. The van der Waals surface area contributed by atoms with Gasteiger partial charge in [0.2, 0.25) is 5.91 Å². The van der Waals surface area contributed by atoms with Crippen LogP contribution < -0.4 is 15.4 Å². The number of hydrogen-bond donors (Lipinski definition) is 2. The smallest absolute Gasteiger partial charge is 0.262 e. The number of carbonyl (C=O) groups is 2. The maximum absolute atomic E-state index is 12.2. The maximum Gasteiger partial charge on any atom is 0.262 e. The van der Waals surface area contributed by atoms with Gasteiger partial charge in [0.1, 0.15) is 18.4 Å². The van der Waals surface area contributed by atoms with Gasteiger partial charge in [0.05, 0.1) is 15.2 Å². The van der Waals surface area contributed by atoms with Crippen LogP contribution in [-0.4, -0.2) is 31.0 Å². The first kappa shape index (κ1) is 21.1. The van der Waals surface area contributed by atoms with Crippen molar-refractivity contribution in [3.05, 3.63) is 75.4 Å². The molecule has 29 heavy (non-hydrogen) atoms. The molecule has 2 amide bonds. The summed E-state index contributed by atoms with van der Waals surface area (Å²) in [6.07, 6.45) is 0. The standard InChI is InChI=1S/C22H21BrN2O3S/c1-15(25-22(27)19-11-12-20(23)29-19)21(26)24-13-14-28-18-10-6-5-9-17(18)16-7-3-2-4-8-16/h2-12,15H,13-14H2,1H3,(H,24,26)(H,25,27). The molecule has 1 aromatic heterocycles. The molecule has 0 spiro atoms. The molecule has 0 aliphatic heterocycles. The number of carbonyl (C=O) groups excluding carboxylic acids is 2. The molecule has 150 valence electrons. The van der Waals surface area contributed by atoms with Gasteiger partial charge in [-0.25, -0.2) is 0 Å². The van der Waals surface area contributed by atoms with E-state index in [0.717, 1.165) is 20.7 Å². The van der Waals surface area contributed by atoms with Crippen LogP contribution in [0.1, 0.15) is 16.6 Å². The molecule has 0 aliphatic carbocycles. The zero-order valence-electron chi connectivity index (χ0n) is 15.9. The summed E-state index contributed by atoms with van der Waals surface area (Å²) in [5, 5.41) is 5.49. The second kappa shape index (κ2) is 10.2. The van der Waals surface area contributed by atoms with Crippen molar-refractivity contribution in [3.63, 3.8) is 0 Å². The molecule has 0 radical (unpaired) electrons. The average Bonchev–Trinajstić information content (AvgIpc) is 3.18. The predicted octanol–water partition coefficient (Wildman–Crippen LogP) is 4.49. The largest absolute Gasteiger partial charge is 0.491 e. The third-order valence-corrected chi connectivity index (χ3v) is 5.79. The Kier molecular flexibility index (Phi) is 7.43. The summed E-state index contributed by atoms with van der Waals surface area (Å²) in [5.74, 6) is 0.239. The molecule has 5 nitrogen and oxygen atoms in total. The van der Waals surface area contributed by atoms with E-state index in [-0.39, 0.29) is 11.8 Å². The van der Waals surface area contributed by atoms with Crippen molar-refractivity contribution in [2.45, 2.75) is 13.0 Å². The van der Waals surface area contributed by atoms with E-state index in [2.05, 4.69) is 26.6 Å². The van der Waals surface area contributed by atoms with Gasteiger partial charge in [0.15, 0.2) is 0 Å². The summed E-state index contributed by atoms with van der Waals surface area (Å²) in [5.41, 5.74) is 2.07. The lowest BCUT2D eigenvalue weighted by Gasteiger charge is -2.15. The van der Waals surface area contributed by atoms with Gasteiger partial charge in [0.25, 0.3) is 5.91 Å². The number of benzene rings is 2. The first-order valence-electron chi connectivity index (χ1n) is 9.16. The van der Waals surface area contributed by atoms with E-state index >= 15 is 0 Å². The Hall–Kier alpha value is -2.64. The van der Waals surface area contributed by atoms with E-state index in [1.54, 1.807) is 19.1 Å². The van der Waals surface area contributed by atoms with Crippen LogP contribution in [0.4, 0.5) is 0 Å². The molecule has 2 N–H and O–H groups in total. The van der Waals surface area contributed by atoms with Gasteiger partial charge in [-0.3, -0.25) is 9.59 Å². The Morgan fingerprint density at radius 2 is 1.76 bits per heavy atom. The first-order chi connectivity index (χ1) is 14.0. The normalized spacial score (nSPS) is 11.5. The van der Waals surface area contributed by atoms with Gasteiger partial charge in [-0.15, -0.1) is 11.3 Å². The zero-order valence-corrected chi connectivity index (χ0v) is 18.3. The minimum atomic E-state index is -0.639.